The van der Waals surface area contributed by atoms with Gasteiger partial charge < -0.3 is 20.7 Å². The lowest BCUT2D eigenvalue weighted by molar-refractivity contribution is 0.352. The fourth-order valence-corrected chi connectivity index (χ4v) is 3.51. The standard InChI is InChI=1S/C19H25N7O/c1-25-17(20)15-16(13-6-5-7-14(12-13)27-2)22-19(23-18(15)24-25)21-8-11-26-9-3-4-10-26/h5-7,12H,3-4,8-11,20H2,1-2H3,(H,21,23,24). The van der Waals surface area contributed by atoms with Crippen molar-refractivity contribution in [1.82, 2.24) is 24.6 Å². The molecule has 1 saturated heterocycles. The Bertz CT molecular complexity index is 947. The Hall–Kier alpha value is -2.87. The third-order valence-electron chi connectivity index (χ3n) is 4.99. The first-order valence-corrected chi connectivity index (χ1v) is 9.26. The molecule has 3 N–H and O–H groups in total. The lowest BCUT2D eigenvalue weighted by atomic mass is 10.1. The summed E-state index contributed by atoms with van der Waals surface area (Å²) >= 11 is 0. The van der Waals surface area contributed by atoms with Crippen LogP contribution in [0.2, 0.25) is 0 Å². The SMILES string of the molecule is COc1cccc(-c2nc(NCCN3CCCC3)nc3nn(C)c(N)c23)c1. The highest BCUT2D eigenvalue weighted by Crippen LogP contribution is 2.32. The summed E-state index contributed by atoms with van der Waals surface area (Å²) in [5, 5.41) is 8.55. The second-order valence-corrected chi connectivity index (χ2v) is 6.81. The first kappa shape index (κ1) is 17.5. The van der Waals surface area contributed by atoms with Crippen LogP contribution in [0.4, 0.5) is 11.8 Å². The van der Waals surface area contributed by atoms with E-state index in [9.17, 15) is 0 Å². The summed E-state index contributed by atoms with van der Waals surface area (Å²) < 4.78 is 7.00. The van der Waals surface area contributed by atoms with E-state index in [0.29, 0.717) is 17.4 Å². The zero-order valence-electron chi connectivity index (χ0n) is 15.8. The van der Waals surface area contributed by atoms with Gasteiger partial charge in [0.2, 0.25) is 5.95 Å². The number of benzene rings is 1. The van der Waals surface area contributed by atoms with Gasteiger partial charge in [0.25, 0.3) is 0 Å². The van der Waals surface area contributed by atoms with Crippen LogP contribution in [0.15, 0.2) is 24.3 Å². The molecular weight excluding hydrogens is 342 g/mol. The summed E-state index contributed by atoms with van der Waals surface area (Å²) in [6.45, 7) is 4.13. The van der Waals surface area contributed by atoms with Gasteiger partial charge in [0.1, 0.15) is 11.6 Å². The molecule has 4 rings (SSSR count). The zero-order chi connectivity index (χ0) is 18.8. The van der Waals surface area contributed by atoms with E-state index in [2.05, 4.69) is 20.3 Å². The molecule has 0 spiro atoms. The fraction of sp³-hybridized carbons (Fsp3) is 0.421. The maximum Gasteiger partial charge on any atom is 0.225 e. The summed E-state index contributed by atoms with van der Waals surface area (Å²) in [4.78, 5) is 11.8. The molecule has 1 fully saturated rings. The van der Waals surface area contributed by atoms with Gasteiger partial charge in [-0.2, -0.15) is 10.1 Å². The highest BCUT2D eigenvalue weighted by Gasteiger charge is 2.18. The minimum absolute atomic E-state index is 0.548. The number of anilines is 2. The third-order valence-corrected chi connectivity index (χ3v) is 4.99. The number of hydrogen-bond acceptors (Lipinski definition) is 7. The van der Waals surface area contributed by atoms with E-state index in [1.165, 1.54) is 25.9 Å². The Kier molecular flexibility index (Phi) is 4.81. The summed E-state index contributed by atoms with van der Waals surface area (Å²) in [6.07, 6.45) is 2.57. The molecule has 0 radical (unpaired) electrons. The number of fused-ring (bicyclic) bond motifs is 1. The van der Waals surface area contributed by atoms with Crippen molar-refractivity contribution in [2.24, 2.45) is 7.05 Å². The molecule has 8 heteroatoms. The van der Waals surface area contributed by atoms with Gasteiger partial charge in [-0.1, -0.05) is 12.1 Å². The van der Waals surface area contributed by atoms with Gasteiger partial charge in [-0.25, -0.2) is 4.98 Å². The van der Waals surface area contributed by atoms with Gasteiger partial charge >= 0.3 is 0 Å². The van der Waals surface area contributed by atoms with Gasteiger partial charge in [0.15, 0.2) is 5.65 Å². The molecule has 1 aromatic carbocycles. The minimum atomic E-state index is 0.548. The predicted molar refractivity (Wildman–Crippen MR) is 107 cm³/mol. The lowest BCUT2D eigenvalue weighted by Crippen LogP contribution is -2.26. The first-order valence-electron chi connectivity index (χ1n) is 9.26. The lowest BCUT2D eigenvalue weighted by Gasteiger charge is -2.15. The average molecular weight is 367 g/mol. The molecule has 0 bridgehead atoms. The molecule has 0 aliphatic carbocycles. The number of hydrogen-bond donors (Lipinski definition) is 2. The summed E-state index contributed by atoms with van der Waals surface area (Å²) in [5.74, 6) is 1.88. The van der Waals surface area contributed by atoms with Crippen LogP contribution in [0.25, 0.3) is 22.3 Å². The van der Waals surface area contributed by atoms with Gasteiger partial charge in [-0.3, -0.25) is 4.68 Å². The maximum atomic E-state index is 6.24. The van der Waals surface area contributed by atoms with Gasteiger partial charge in [-0.15, -0.1) is 0 Å². The van der Waals surface area contributed by atoms with Gasteiger partial charge in [-0.05, 0) is 38.1 Å². The number of methoxy groups -OCH3 is 1. The zero-order valence-corrected chi connectivity index (χ0v) is 15.8. The van der Waals surface area contributed by atoms with Crippen molar-refractivity contribution in [1.29, 1.82) is 0 Å². The van der Waals surface area contributed by atoms with Crippen molar-refractivity contribution in [3.8, 4) is 17.0 Å². The summed E-state index contributed by atoms with van der Waals surface area (Å²) in [7, 11) is 3.46. The Morgan fingerprint density at radius 3 is 2.81 bits per heavy atom. The molecular formula is C19H25N7O. The number of likely N-dealkylation sites (tertiary alicyclic amines) is 1. The van der Waals surface area contributed by atoms with E-state index in [4.69, 9.17) is 15.5 Å². The molecule has 0 saturated carbocycles. The van der Waals surface area contributed by atoms with Crippen molar-refractivity contribution in [3.63, 3.8) is 0 Å². The molecule has 3 aromatic rings. The Morgan fingerprint density at radius 1 is 1.22 bits per heavy atom. The van der Waals surface area contributed by atoms with Crippen LogP contribution in [0.1, 0.15) is 12.8 Å². The number of nitrogens with zero attached hydrogens (tertiary/aromatic N) is 5. The van der Waals surface area contributed by atoms with Crippen LogP contribution in [-0.2, 0) is 7.05 Å². The van der Waals surface area contributed by atoms with Crippen LogP contribution in [0.5, 0.6) is 5.75 Å². The molecule has 8 nitrogen and oxygen atoms in total. The van der Waals surface area contributed by atoms with E-state index in [1.807, 2.05) is 31.3 Å². The summed E-state index contributed by atoms with van der Waals surface area (Å²) in [5.41, 5.74) is 8.51. The molecule has 0 unspecified atom stereocenters. The van der Waals surface area contributed by atoms with Crippen LogP contribution in [0.3, 0.4) is 0 Å². The first-order chi connectivity index (χ1) is 13.2. The van der Waals surface area contributed by atoms with Crippen LogP contribution in [-0.4, -0.2) is 57.9 Å². The number of aromatic nitrogens is 4. The molecule has 2 aromatic heterocycles. The highest BCUT2D eigenvalue weighted by molar-refractivity contribution is 5.99. The Balaban J connectivity index is 1.68. The van der Waals surface area contributed by atoms with E-state index in [-0.39, 0.29) is 0 Å². The van der Waals surface area contributed by atoms with Crippen LogP contribution in [0, 0.1) is 0 Å². The predicted octanol–water partition coefficient (Wildman–Crippen LogP) is 2.13. The third kappa shape index (κ3) is 3.52. The molecule has 142 valence electrons. The minimum Gasteiger partial charge on any atom is -0.497 e. The van der Waals surface area contributed by atoms with E-state index in [1.54, 1.807) is 11.8 Å². The molecule has 0 atom stereocenters. The van der Waals surface area contributed by atoms with Crippen molar-refractivity contribution >= 4 is 22.8 Å². The Labute approximate surface area is 158 Å². The van der Waals surface area contributed by atoms with E-state index >= 15 is 0 Å². The van der Waals surface area contributed by atoms with Crippen molar-refractivity contribution < 1.29 is 4.74 Å². The molecule has 3 heterocycles. The van der Waals surface area contributed by atoms with Crippen molar-refractivity contribution in [3.05, 3.63) is 24.3 Å². The Morgan fingerprint density at radius 2 is 2.04 bits per heavy atom. The number of rotatable bonds is 6. The van der Waals surface area contributed by atoms with E-state index in [0.717, 1.165) is 35.5 Å². The largest absolute Gasteiger partial charge is 0.497 e. The summed E-state index contributed by atoms with van der Waals surface area (Å²) in [6, 6.07) is 7.78. The second-order valence-electron chi connectivity index (χ2n) is 6.81. The smallest absolute Gasteiger partial charge is 0.225 e. The van der Waals surface area contributed by atoms with Gasteiger partial charge in [0, 0.05) is 25.7 Å². The molecule has 1 aliphatic heterocycles. The highest BCUT2D eigenvalue weighted by atomic mass is 16.5. The normalized spacial score (nSPS) is 14.7. The monoisotopic (exact) mass is 367 g/mol. The number of ether oxygens (including phenoxy) is 1. The van der Waals surface area contributed by atoms with Crippen LogP contribution < -0.4 is 15.8 Å². The number of nitrogen functional groups attached to an aromatic ring is 1. The number of aryl methyl sites for hydroxylation is 1. The molecule has 1 aliphatic rings. The average Bonchev–Trinajstić information content (AvgIpc) is 3.30. The van der Waals surface area contributed by atoms with Crippen molar-refractivity contribution in [2.75, 3.05) is 44.3 Å². The van der Waals surface area contributed by atoms with Crippen LogP contribution >= 0.6 is 0 Å². The maximum absolute atomic E-state index is 6.24. The van der Waals surface area contributed by atoms with E-state index < -0.39 is 0 Å². The quantitative estimate of drug-likeness (QED) is 0.689. The van der Waals surface area contributed by atoms with Gasteiger partial charge in [0.05, 0.1) is 18.2 Å². The second kappa shape index (κ2) is 7.40. The number of nitrogens with one attached hydrogen (secondary N) is 1. The topological polar surface area (TPSA) is 94.1 Å². The molecule has 0 amide bonds. The fourth-order valence-electron chi connectivity index (χ4n) is 3.51. The van der Waals surface area contributed by atoms with Crippen molar-refractivity contribution in [2.45, 2.75) is 12.8 Å². The molecule has 27 heavy (non-hydrogen) atoms. The number of nitrogens with two attached hydrogens (primary N) is 1.